The Kier molecular flexibility index (Phi) is 6.24. The largest absolute Gasteiger partial charge is 0.496 e. The van der Waals surface area contributed by atoms with Gasteiger partial charge in [-0.3, -0.25) is 10.1 Å². The van der Waals surface area contributed by atoms with Gasteiger partial charge in [-0.05, 0) is 27.7 Å². The lowest BCUT2D eigenvalue weighted by Crippen LogP contribution is -2.50. The number of imide groups is 1. The van der Waals surface area contributed by atoms with E-state index in [0.29, 0.717) is 17.2 Å². The third-order valence-corrected chi connectivity index (χ3v) is 2.73. The van der Waals surface area contributed by atoms with Crippen LogP contribution in [0.25, 0.3) is 0 Å². The van der Waals surface area contributed by atoms with Crippen LogP contribution in [0.3, 0.4) is 0 Å². The van der Waals surface area contributed by atoms with E-state index in [-0.39, 0.29) is 0 Å². The monoisotopic (exact) mass is 324 g/mol. The highest BCUT2D eigenvalue weighted by Gasteiger charge is 2.20. The summed E-state index contributed by atoms with van der Waals surface area (Å²) >= 11 is 0. The lowest BCUT2D eigenvalue weighted by Gasteiger charge is -2.21. The van der Waals surface area contributed by atoms with Crippen LogP contribution in [-0.4, -0.2) is 37.8 Å². The molecule has 0 fully saturated rings. The fraction of sp³-hybridized carbons (Fsp3) is 0.500. The van der Waals surface area contributed by atoms with Crippen LogP contribution >= 0.6 is 0 Å². The summed E-state index contributed by atoms with van der Waals surface area (Å²) in [7, 11) is 3.04. The minimum atomic E-state index is -0.863. The molecule has 0 spiro atoms. The second-order valence-electron chi connectivity index (χ2n) is 6.00. The minimum Gasteiger partial charge on any atom is -0.496 e. The van der Waals surface area contributed by atoms with Crippen molar-refractivity contribution >= 4 is 11.9 Å². The van der Waals surface area contributed by atoms with Gasteiger partial charge in [0.15, 0.2) is 6.10 Å². The van der Waals surface area contributed by atoms with Crippen LogP contribution in [0, 0.1) is 0 Å². The van der Waals surface area contributed by atoms with Crippen molar-refractivity contribution in [1.82, 2.24) is 10.6 Å². The minimum absolute atomic E-state index is 0.403. The summed E-state index contributed by atoms with van der Waals surface area (Å²) in [6.45, 7) is 7.00. The maximum atomic E-state index is 12.0. The van der Waals surface area contributed by atoms with Gasteiger partial charge in [-0.25, -0.2) is 4.79 Å². The fourth-order valence-corrected chi connectivity index (χ4v) is 1.69. The first-order valence-corrected chi connectivity index (χ1v) is 7.17. The van der Waals surface area contributed by atoms with Gasteiger partial charge in [0.25, 0.3) is 5.91 Å². The van der Waals surface area contributed by atoms with Gasteiger partial charge in [0.05, 0.1) is 14.2 Å². The normalized spacial score (nSPS) is 12.1. The molecule has 0 aromatic heterocycles. The number of rotatable bonds is 5. The average Bonchev–Trinajstić information content (AvgIpc) is 2.44. The zero-order chi connectivity index (χ0) is 17.6. The molecular weight excluding hydrogens is 300 g/mol. The van der Waals surface area contributed by atoms with Crippen molar-refractivity contribution in [2.75, 3.05) is 14.2 Å². The Hall–Kier alpha value is -2.44. The predicted molar refractivity (Wildman–Crippen MR) is 86.1 cm³/mol. The number of amides is 3. The number of carbonyl (C=O) groups excluding carboxylic acids is 2. The molecule has 1 unspecified atom stereocenters. The van der Waals surface area contributed by atoms with Crippen LogP contribution in [-0.2, 0) is 4.79 Å². The topological polar surface area (TPSA) is 85.9 Å². The molecule has 0 heterocycles. The molecule has 0 saturated carbocycles. The highest BCUT2D eigenvalue weighted by atomic mass is 16.5. The number of nitrogens with one attached hydrogen (secondary N) is 2. The molecule has 0 aliphatic heterocycles. The van der Waals surface area contributed by atoms with Crippen molar-refractivity contribution in [2.45, 2.75) is 39.3 Å². The lowest BCUT2D eigenvalue weighted by molar-refractivity contribution is -0.126. The van der Waals surface area contributed by atoms with E-state index in [1.807, 2.05) is 20.8 Å². The highest BCUT2D eigenvalue weighted by Crippen LogP contribution is 2.28. The molecule has 7 nitrogen and oxygen atoms in total. The van der Waals surface area contributed by atoms with E-state index in [1.165, 1.54) is 14.2 Å². The fourth-order valence-electron chi connectivity index (χ4n) is 1.69. The molecule has 0 saturated heterocycles. The molecule has 0 aliphatic rings. The van der Waals surface area contributed by atoms with Gasteiger partial charge in [-0.2, -0.15) is 0 Å². The summed E-state index contributed by atoms with van der Waals surface area (Å²) in [6, 6.07) is 4.37. The van der Waals surface area contributed by atoms with Crippen molar-refractivity contribution in [2.24, 2.45) is 0 Å². The van der Waals surface area contributed by atoms with E-state index in [4.69, 9.17) is 14.2 Å². The number of hydrogen-bond acceptors (Lipinski definition) is 5. The summed E-state index contributed by atoms with van der Waals surface area (Å²) in [5.41, 5.74) is -0.436. The Morgan fingerprint density at radius 3 is 1.91 bits per heavy atom. The molecule has 2 N–H and O–H groups in total. The number of methoxy groups -OCH3 is 2. The van der Waals surface area contributed by atoms with Crippen LogP contribution in [0.15, 0.2) is 18.2 Å². The zero-order valence-corrected chi connectivity index (χ0v) is 14.4. The Bertz CT molecular complexity index is 544. The smallest absolute Gasteiger partial charge is 0.321 e. The van der Waals surface area contributed by atoms with E-state index in [1.54, 1.807) is 25.1 Å². The van der Waals surface area contributed by atoms with Gasteiger partial charge in [-0.1, -0.05) is 0 Å². The van der Waals surface area contributed by atoms with E-state index in [2.05, 4.69) is 10.6 Å². The van der Waals surface area contributed by atoms with E-state index in [9.17, 15) is 9.59 Å². The molecule has 23 heavy (non-hydrogen) atoms. The van der Waals surface area contributed by atoms with Crippen molar-refractivity contribution in [3.05, 3.63) is 18.2 Å². The van der Waals surface area contributed by atoms with Crippen LogP contribution in [0.4, 0.5) is 4.79 Å². The Morgan fingerprint density at radius 2 is 1.48 bits per heavy atom. The van der Waals surface area contributed by atoms with Crippen LogP contribution < -0.4 is 24.8 Å². The molecule has 3 amide bonds. The zero-order valence-electron chi connectivity index (χ0n) is 14.4. The predicted octanol–water partition coefficient (Wildman–Crippen LogP) is 2.10. The number of hydrogen-bond donors (Lipinski definition) is 2. The van der Waals surface area contributed by atoms with Crippen LogP contribution in [0.5, 0.6) is 17.2 Å². The van der Waals surface area contributed by atoms with Crippen molar-refractivity contribution < 1.29 is 23.8 Å². The van der Waals surface area contributed by atoms with Crippen molar-refractivity contribution in [3.8, 4) is 17.2 Å². The Labute approximate surface area is 136 Å². The van der Waals surface area contributed by atoms with E-state index in [0.717, 1.165) is 0 Å². The van der Waals surface area contributed by atoms with Crippen molar-refractivity contribution in [1.29, 1.82) is 0 Å². The van der Waals surface area contributed by atoms with Gasteiger partial charge in [0.2, 0.25) is 0 Å². The number of carbonyl (C=O) groups is 2. The quantitative estimate of drug-likeness (QED) is 0.866. The average molecular weight is 324 g/mol. The van der Waals surface area contributed by atoms with Crippen LogP contribution in [0.2, 0.25) is 0 Å². The number of urea groups is 1. The molecule has 0 aliphatic carbocycles. The first-order valence-electron chi connectivity index (χ1n) is 7.17. The highest BCUT2D eigenvalue weighted by molar-refractivity contribution is 5.96. The van der Waals surface area contributed by atoms with Gasteiger partial charge >= 0.3 is 6.03 Å². The number of ether oxygens (including phenoxy) is 3. The molecule has 1 aromatic carbocycles. The lowest BCUT2D eigenvalue weighted by atomic mass is 10.1. The van der Waals surface area contributed by atoms with Crippen LogP contribution in [0.1, 0.15) is 27.7 Å². The summed E-state index contributed by atoms with van der Waals surface area (Å²) in [6.07, 6.45) is -0.863. The van der Waals surface area contributed by atoms with Gasteiger partial charge in [0.1, 0.15) is 17.2 Å². The maximum absolute atomic E-state index is 12.0. The van der Waals surface area contributed by atoms with Crippen molar-refractivity contribution in [3.63, 3.8) is 0 Å². The molecule has 1 aromatic rings. The Balaban J connectivity index is 2.70. The summed E-state index contributed by atoms with van der Waals surface area (Å²) in [5.74, 6) is 0.934. The van der Waals surface area contributed by atoms with E-state index >= 15 is 0 Å². The summed E-state index contributed by atoms with van der Waals surface area (Å²) < 4.78 is 15.8. The third kappa shape index (κ3) is 6.46. The summed E-state index contributed by atoms with van der Waals surface area (Å²) in [5, 5.41) is 4.88. The van der Waals surface area contributed by atoms with Gasteiger partial charge in [-0.15, -0.1) is 0 Å². The van der Waals surface area contributed by atoms with E-state index < -0.39 is 23.6 Å². The molecule has 128 valence electrons. The Morgan fingerprint density at radius 1 is 1.00 bits per heavy atom. The molecule has 0 bridgehead atoms. The molecular formula is C16H24N2O5. The van der Waals surface area contributed by atoms with Gasteiger partial charge < -0.3 is 19.5 Å². The second-order valence-corrected chi connectivity index (χ2v) is 6.00. The number of benzene rings is 1. The first-order chi connectivity index (χ1) is 10.6. The first kappa shape index (κ1) is 18.6. The maximum Gasteiger partial charge on any atom is 0.321 e. The molecule has 1 rings (SSSR count). The second kappa shape index (κ2) is 7.71. The summed E-state index contributed by atoms with van der Waals surface area (Å²) in [4.78, 5) is 23.7. The SMILES string of the molecule is COc1cc(OC)cc(OC(C)C(=O)NC(=O)NC(C)(C)C)c1. The standard InChI is InChI=1S/C16H24N2O5/c1-10(14(19)17-15(20)18-16(2,3)4)23-13-8-11(21-5)7-12(9-13)22-6/h7-10H,1-6H3,(H2,17,18,19,20). The third-order valence-electron chi connectivity index (χ3n) is 2.73. The van der Waals surface area contributed by atoms with Gasteiger partial charge in [0, 0.05) is 23.7 Å². The molecule has 0 radical (unpaired) electrons. The molecule has 7 heteroatoms. The molecule has 1 atom stereocenters.